The number of likely N-dealkylation sites (tertiary alicyclic amines) is 1. The maximum atomic E-state index is 12.7. The fraction of sp³-hybridized carbons (Fsp3) is 0.571. The zero-order valence-electron chi connectivity index (χ0n) is 16.2. The molecule has 1 saturated heterocycles. The van der Waals surface area contributed by atoms with E-state index in [2.05, 4.69) is 5.32 Å². The van der Waals surface area contributed by atoms with E-state index < -0.39 is 0 Å². The predicted octanol–water partition coefficient (Wildman–Crippen LogP) is 2.90. The average Bonchev–Trinajstić information content (AvgIpc) is 3.32. The van der Waals surface area contributed by atoms with Gasteiger partial charge in [-0.1, -0.05) is 18.9 Å². The maximum absolute atomic E-state index is 12.7. The Morgan fingerprint density at radius 3 is 2.56 bits per heavy atom. The van der Waals surface area contributed by atoms with Gasteiger partial charge in [0.25, 0.3) is 5.91 Å². The summed E-state index contributed by atoms with van der Waals surface area (Å²) in [6.45, 7) is 5.69. The first-order valence-electron chi connectivity index (χ1n) is 10.0. The first-order chi connectivity index (χ1) is 13.0. The molecule has 3 rings (SSSR count). The molecular weight excluding hydrogens is 342 g/mol. The quantitative estimate of drug-likeness (QED) is 0.836. The van der Waals surface area contributed by atoms with Gasteiger partial charge in [0.1, 0.15) is 0 Å². The Kier molecular flexibility index (Phi) is 6.14. The normalized spacial score (nSPS) is 20.1. The van der Waals surface area contributed by atoms with Crippen molar-refractivity contribution < 1.29 is 14.4 Å². The summed E-state index contributed by atoms with van der Waals surface area (Å²) in [7, 11) is 0. The Bertz CT molecular complexity index is 708. The standard InChI is InChI=1S/C21H29N3O3/c1-3-23(4-2)21(27)15-8-7-9-17(12-15)22-20(26)16-13-19(25)24(14-16)18-10-5-6-11-18/h7-9,12,16,18H,3-6,10-11,13-14H2,1-2H3,(H,22,26). The van der Waals surface area contributed by atoms with Crippen molar-refractivity contribution >= 4 is 23.4 Å². The number of carbonyl (C=O) groups is 3. The third kappa shape index (κ3) is 4.31. The van der Waals surface area contributed by atoms with Crippen LogP contribution in [-0.2, 0) is 9.59 Å². The average molecular weight is 371 g/mol. The van der Waals surface area contributed by atoms with Crippen molar-refractivity contribution in [1.82, 2.24) is 9.80 Å². The molecule has 6 nitrogen and oxygen atoms in total. The molecule has 1 unspecified atom stereocenters. The minimum Gasteiger partial charge on any atom is -0.339 e. The van der Waals surface area contributed by atoms with Crippen LogP contribution in [0.2, 0.25) is 0 Å². The summed E-state index contributed by atoms with van der Waals surface area (Å²) < 4.78 is 0. The third-order valence-electron chi connectivity index (χ3n) is 5.72. The summed E-state index contributed by atoms with van der Waals surface area (Å²) in [4.78, 5) is 41.1. The lowest BCUT2D eigenvalue weighted by Crippen LogP contribution is -2.35. The van der Waals surface area contributed by atoms with Crippen molar-refractivity contribution in [1.29, 1.82) is 0 Å². The Labute approximate surface area is 160 Å². The van der Waals surface area contributed by atoms with Gasteiger partial charge in [-0.15, -0.1) is 0 Å². The van der Waals surface area contributed by atoms with Crippen LogP contribution < -0.4 is 5.32 Å². The molecule has 3 amide bonds. The molecule has 1 aromatic rings. The van der Waals surface area contributed by atoms with Crippen LogP contribution in [0.15, 0.2) is 24.3 Å². The first-order valence-corrected chi connectivity index (χ1v) is 10.0. The number of rotatable bonds is 6. The number of benzene rings is 1. The molecule has 6 heteroatoms. The summed E-state index contributed by atoms with van der Waals surface area (Å²) in [5, 5.41) is 2.90. The summed E-state index contributed by atoms with van der Waals surface area (Å²) in [5.41, 5.74) is 1.16. The van der Waals surface area contributed by atoms with Gasteiger partial charge >= 0.3 is 0 Å². The van der Waals surface area contributed by atoms with Gasteiger partial charge in [-0.3, -0.25) is 14.4 Å². The minimum atomic E-state index is -0.319. The molecule has 0 radical (unpaired) electrons. The van der Waals surface area contributed by atoms with Gasteiger partial charge in [-0.05, 0) is 44.9 Å². The molecule has 1 saturated carbocycles. The van der Waals surface area contributed by atoms with Crippen LogP contribution in [0.1, 0.15) is 56.3 Å². The molecule has 0 aromatic heterocycles. The van der Waals surface area contributed by atoms with Gasteiger partial charge in [-0.2, -0.15) is 0 Å². The maximum Gasteiger partial charge on any atom is 0.253 e. The van der Waals surface area contributed by atoms with Crippen molar-refractivity contribution in [3.05, 3.63) is 29.8 Å². The molecule has 0 spiro atoms. The smallest absolute Gasteiger partial charge is 0.253 e. The van der Waals surface area contributed by atoms with E-state index in [-0.39, 0.29) is 30.1 Å². The van der Waals surface area contributed by atoms with Gasteiger partial charge in [0, 0.05) is 43.3 Å². The molecule has 1 aromatic carbocycles. The number of nitrogens with zero attached hydrogens (tertiary/aromatic N) is 2. The van der Waals surface area contributed by atoms with Crippen LogP contribution in [0.4, 0.5) is 5.69 Å². The lowest BCUT2D eigenvalue weighted by atomic mass is 10.1. The SMILES string of the molecule is CCN(CC)C(=O)c1cccc(NC(=O)C2CC(=O)N(C3CCCC3)C2)c1. The minimum absolute atomic E-state index is 0.0421. The van der Waals surface area contributed by atoms with Crippen LogP contribution in [0.25, 0.3) is 0 Å². The Balaban J connectivity index is 1.63. The molecule has 1 heterocycles. The van der Waals surface area contributed by atoms with Gasteiger partial charge in [0.2, 0.25) is 11.8 Å². The number of hydrogen-bond acceptors (Lipinski definition) is 3. The fourth-order valence-corrected chi connectivity index (χ4v) is 4.14. The van der Waals surface area contributed by atoms with E-state index in [0.29, 0.717) is 36.9 Å². The second kappa shape index (κ2) is 8.55. The molecule has 2 fully saturated rings. The molecule has 1 atom stereocenters. The van der Waals surface area contributed by atoms with Crippen molar-refractivity contribution in [2.75, 3.05) is 25.0 Å². The predicted molar refractivity (Wildman–Crippen MR) is 104 cm³/mol. The fourth-order valence-electron chi connectivity index (χ4n) is 4.14. The number of anilines is 1. The molecule has 1 N–H and O–H groups in total. The summed E-state index contributed by atoms with van der Waals surface area (Å²) in [5.74, 6) is -0.413. The van der Waals surface area contributed by atoms with Gasteiger partial charge < -0.3 is 15.1 Å². The van der Waals surface area contributed by atoms with Crippen LogP contribution in [0.5, 0.6) is 0 Å². The number of nitrogens with one attached hydrogen (secondary N) is 1. The van der Waals surface area contributed by atoms with E-state index in [1.54, 1.807) is 29.2 Å². The molecule has 1 aliphatic carbocycles. The van der Waals surface area contributed by atoms with Crippen molar-refractivity contribution in [3.8, 4) is 0 Å². The lowest BCUT2D eigenvalue weighted by molar-refractivity contribution is -0.129. The topological polar surface area (TPSA) is 69.7 Å². The van der Waals surface area contributed by atoms with E-state index in [0.717, 1.165) is 12.8 Å². The summed E-state index contributed by atoms with van der Waals surface area (Å²) in [6, 6.07) is 7.34. The molecular formula is C21H29N3O3. The second-order valence-corrected chi connectivity index (χ2v) is 7.43. The molecule has 2 aliphatic rings. The van der Waals surface area contributed by atoms with E-state index in [1.165, 1.54) is 12.8 Å². The Morgan fingerprint density at radius 2 is 1.89 bits per heavy atom. The van der Waals surface area contributed by atoms with Crippen LogP contribution in [0, 0.1) is 5.92 Å². The van der Waals surface area contributed by atoms with Crippen LogP contribution >= 0.6 is 0 Å². The largest absolute Gasteiger partial charge is 0.339 e. The highest BCUT2D eigenvalue weighted by molar-refractivity contribution is 5.99. The third-order valence-corrected chi connectivity index (χ3v) is 5.72. The lowest BCUT2D eigenvalue weighted by Gasteiger charge is -2.24. The highest BCUT2D eigenvalue weighted by Gasteiger charge is 2.38. The van der Waals surface area contributed by atoms with Crippen molar-refractivity contribution in [2.45, 2.75) is 52.0 Å². The molecule has 27 heavy (non-hydrogen) atoms. The van der Waals surface area contributed by atoms with Crippen molar-refractivity contribution in [3.63, 3.8) is 0 Å². The zero-order valence-corrected chi connectivity index (χ0v) is 16.2. The molecule has 146 valence electrons. The number of carbonyl (C=O) groups excluding carboxylic acids is 3. The van der Waals surface area contributed by atoms with Gasteiger partial charge in [0.15, 0.2) is 0 Å². The highest BCUT2D eigenvalue weighted by Crippen LogP contribution is 2.30. The van der Waals surface area contributed by atoms with E-state index in [9.17, 15) is 14.4 Å². The Hall–Kier alpha value is -2.37. The van der Waals surface area contributed by atoms with Crippen LogP contribution in [0.3, 0.4) is 0 Å². The van der Waals surface area contributed by atoms with Crippen molar-refractivity contribution in [2.24, 2.45) is 5.92 Å². The molecule has 0 bridgehead atoms. The monoisotopic (exact) mass is 371 g/mol. The van der Waals surface area contributed by atoms with Crippen LogP contribution in [-0.4, -0.2) is 53.2 Å². The van der Waals surface area contributed by atoms with E-state index in [4.69, 9.17) is 0 Å². The Morgan fingerprint density at radius 1 is 1.19 bits per heavy atom. The summed E-state index contributed by atoms with van der Waals surface area (Å²) in [6.07, 6.45) is 4.71. The first kappa shape index (κ1) is 19.4. The van der Waals surface area contributed by atoms with Gasteiger partial charge in [0.05, 0.1) is 5.92 Å². The summed E-state index contributed by atoms with van der Waals surface area (Å²) >= 11 is 0. The second-order valence-electron chi connectivity index (χ2n) is 7.43. The number of hydrogen-bond donors (Lipinski definition) is 1. The highest BCUT2D eigenvalue weighted by atomic mass is 16.2. The van der Waals surface area contributed by atoms with E-state index in [1.807, 2.05) is 18.7 Å². The molecule has 1 aliphatic heterocycles. The number of amides is 3. The zero-order chi connectivity index (χ0) is 19.4. The van der Waals surface area contributed by atoms with Gasteiger partial charge in [-0.25, -0.2) is 0 Å². The van der Waals surface area contributed by atoms with E-state index >= 15 is 0 Å².